The maximum absolute atomic E-state index is 14.5. The second kappa shape index (κ2) is 10.9. The summed E-state index contributed by atoms with van der Waals surface area (Å²) in [4.78, 5) is 13.1. The predicted octanol–water partition coefficient (Wildman–Crippen LogP) is 7.34. The van der Waals surface area contributed by atoms with Gasteiger partial charge in [0.25, 0.3) is 0 Å². The van der Waals surface area contributed by atoms with Crippen LogP contribution >= 0.6 is 0 Å². The number of rotatable bonds is 7. The molecule has 0 spiro atoms. The average Bonchev–Trinajstić information content (AvgIpc) is 2.83. The van der Waals surface area contributed by atoms with Gasteiger partial charge in [0.05, 0.1) is 5.92 Å². The summed E-state index contributed by atoms with van der Waals surface area (Å²) in [5, 5.41) is 0. The third-order valence-corrected chi connectivity index (χ3v) is 8.61. The number of carbonyl (C=O) groups is 1. The van der Waals surface area contributed by atoms with Gasteiger partial charge < -0.3 is 9.47 Å². The van der Waals surface area contributed by atoms with Crippen LogP contribution in [0.1, 0.15) is 77.6 Å². The van der Waals surface area contributed by atoms with Gasteiger partial charge in [0.15, 0.2) is 11.6 Å². The smallest absolute Gasteiger partial charge is 0.314 e. The van der Waals surface area contributed by atoms with Crippen LogP contribution in [0.3, 0.4) is 0 Å². The Balaban J connectivity index is 1.34. The van der Waals surface area contributed by atoms with E-state index in [4.69, 9.17) is 9.47 Å². The van der Waals surface area contributed by atoms with Crippen molar-refractivity contribution >= 4 is 5.97 Å². The highest BCUT2D eigenvalue weighted by atomic mass is 19.1. The van der Waals surface area contributed by atoms with Crippen molar-refractivity contribution in [2.24, 2.45) is 35.5 Å². The Hall–Kier alpha value is -1.84. The van der Waals surface area contributed by atoms with Crippen molar-refractivity contribution in [3.05, 3.63) is 36.7 Å². The van der Waals surface area contributed by atoms with Gasteiger partial charge in [0.2, 0.25) is 0 Å². The van der Waals surface area contributed by atoms with E-state index < -0.39 is 5.82 Å². The lowest BCUT2D eigenvalue weighted by Crippen LogP contribution is -2.40. The molecule has 3 nitrogen and oxygen atoms in total. The van der Waals surface area contributed by atoms with E-state index in [1.807, 2.05) is 0 Å². The van der Waals surface area contributed by atoms with Gasteiger partial charge in [0, 0.05) is 6.07 Å². The lowest BCUT2D eigenvalue weighted by molar-refractivity contribution is -0.144. The maximum atomic E-state index is 14.5. The number of hydrogen-bond donors (Lipinski definition) is 0. The molecule has 0 amide bonds. The van der Waals surface area contributed by atoms with Crippen LogP contribution < -0.4 is 9.47 Å². The molecule has 1 aromatic carbocycles. The van der Waals surface area contributed by atoms with E-state index in [-0.39, 0.29) is 17.6 Å². The Bertz CT molecular complexity index is 783. The summed E-state index contributed by atoms with van der Waals surface area (Å²) in [7, 11) is 0. The third-order valence-electron chi connectivity index (χ3n) is 8.61. The van der Waals surface area contributed by atoms with Crippen molar-refractivity contribution in [2.75, 3.05) is 6.61 Å². The largest absolute Gasteiger partial charge is 0.489 e. The first-order chi connectivity index (χ1) is 15.6. The minimum Gasteiger partial charge on any atom is -0.489 e. The molecule has 0 heterocycles. The molecule has 4 unspecified atom stereocenters. The molecule has 0 radical (unpaired) electrons. The molecule has 3 aliphatic carbocycles. The van der Waals surface area contributed by atoms with Crippen molar-refractivity contribution in [1.29, 1.82) is 0 Å². The highest BCUT2D eigenvalue weighted by molar-refractivity contribution is 5.75. The van der Waals surface area contributed by atoms with Crippen molar-refractivity contribution in [3.8, 4) is 11.5 Å². The zero-order valence-electron chi connectivity index (χ0n) is 19.6. The molecule has 3 aliphatic rings. The molecule has 4 atom stereocenters. The van der Waals surface area contributed by atoms with Crippen molar-refractivity contribution in [2.45, 2.75) is 77.6 Å². The first-order valence-electron chi connectivity index (χ1n) is 12.8. The molecule has 1 aromatic rings. The summed E-state index contributed by atoms with van der Waals surface area (Å²) in [5.74, 6) is 3.21. The van der Waals surface area contributed by atoms with E-state index in [2.05, 4.69) is 13.5 Å². The number of hydrogen-bond acceptors (Lipinski definition) is 3. The van der Waals surface area contributed by atoms with Crippen LogP contribution in [-0.2, 0) is 4.79 Å². The summed E-state index contributed by atoms with van der Waals surface area (Å²) < 4.78 is 25.4. The van der Waals surface area contributed by atoms with Crippen LogP contribution in [0.2, 0.25) is 0 Å². The highest BCUT2D eigenvalue weighted by Gasteiger charge is 2.43. The molecule has 0 N–H and O–H groups in total. The number of benzene rings is 1. The summed E-state index contributed by atoms with van der Waals surface area (Å²) >= 11 is 0. The van der Waals surface area contributed by atoms with E-state index in [0.717, 1.165) is 37.0 Å². The van der Waals surface area contributed by atoms with Gasteiger partial charge in [-0.05, 0) is 80.2 Å². The average molecular weight is 443 g/mol. The van der Waals surface area contributed by atoms with Gasteiger partial charge in [-0.3, -0.25) is 4.79 Å². The first kappa shape index (κ1) is 23.3. The summed E-state index contributed by atoms with van der Waals surface area (Å²) in [6.45, 7) is 6.23. The van der Waals surface area contributed by atoms with E-state index in [0.29, 0.717) is 24.2 Å². The summed E-state index contributed by atoms with van der Waals surface area (Å²) in [6.07, 6.45) is 15.4. The normalized spacial score (nSPS) is 32.6. The highest BCUT2D eigenvalue weighted by Crippen LogP contribution is 2.50. The third kappa shape index (κ3) is 5.38. The van der Waals surface area contributed by atoms with E-state index in [9.17, 15) is 9.18 Å². The number of esters is 1. The minimum absolute atomic E-state index is 0.00412. The molecule has 0 saturated heterocycles. The fourth-order valence-electron chi connectivity index (χ4n) is 6.78. The van der Waals surface area contributed by atoms with Crippen LogP contribution in [0.15, 0.2) is 30.9 Å². The SMILES string of the molecule is C=CCOc1ccc(OC(=O)C2CCCC3CC(C4CCC(CC)CC4)CCC32)c(F)c1. The van der Waals surface area contributed by atoms with E-state index in [1.54, 1.807) is 12.1 Å². The molecule has 3 fully saturated rings. The standard InChI is InChI=1S/C28H39FO3/c1-3-16-31-23-13-15-27(26(29)18-23)32-28(30)25-7-5-6-22-17-21(12-14-24(22)25)20-10-8-19(4-2)9-11-20/h3,13,15,18-22,24-25H,1,4-12,14,16-17H2,2H3. The van der Waals surface area contributed by atoms with Crippen molar-refractivity contribution in [3.63, 3.8) is 0 Å². The predicted molar refractivity (Wildman–Crippen MR) is 125 cm³/mol. The molecule has 0 aromatic heterocycles. The van der Waals surface area contributed by atoms with Crippen LogP contribution in [0.5, 0.6) is 11.5 Å². The fraction of sp³-hybridized carbons (Fsp3) is 0.679. The van der Waals surface area contributed by atoms with Crippen LogP contribution in [-0.4, -0.2) is 12.6 Å². The lowest BCUT2D eigenvalue weighted by atomic mass is 9.59. The second-order valence-electron chi connectivity index (χ2n) is 10.3. The van der Waals surface area contributed by atoms with Gasteiger partial charge in [-0.25, -0.2) is 4.39 Å². The molecule has 176 valence electrons. The Morgan fingerprint density at radius 2 is 1.84 bits per heavy atom. The number of fused-ring (bicyclic) bond motifs is 1. The molecule has 0 aliphatic heterocycles. The van der Waals surface area contributed by atoms with E-state index in [1.165, 1.54) is 63.5 Å². The Kier molecular flexibility index (Phi) is 7.91. The Morgan fingerprint density at radius 3 is 2.56 bits per heavy atom. The second-order valence-corrected chi connectivity index (χ2v) is 10.3. The molecular weight excluding hydrogens is 403 g/mol. The van der Waals surface area contributed by atoms with Crippen LogP contribution in [0.4, 0.5) is 4.39 Å². The fourth-order valence-corrected chi connectivity index (χ4v) is 6.78. The van der Waals surface area contributed by atoms with E-state index >= 15 is 0 Å². The molecule has 3 saturated carbocycles. The minimum atomic E-state index is -0.557. The van der Waals surface area contributed by atoms with Gasteiger partial charge in [-0.1, -0.05) is 51.7 Å². The van der Waals surface area contributed by atoms with Gasteiger partial charge >= 0.3 is 5.97 Å². The number of ether oxygens (including phenoxy) is 2. The number of halogens is 1. The monoisotopic (exact) mass is 442 g/mol. The van der Waals surface area contributed by atoms with Crippen molar-refractivity contribution < 1.29 is 18.7 Å². The molecule has 4 rings (SSSR count). The summed E-state index contributed by atoms with van der Waals surface area (Å²) in [6, 6.07) is 4.40. The first-order valence-corrected chi connectivity index (χ1v) is 12.8. The lowest BCUT2D eigenvalue weighted by Gasteiger charge is -2.46. The Morgan fingerprint density at radius 1 is 1.06 bits per heavy atom. The van der Waals surface area contributed by atoms with Crippen LogP contribution in [0, 0.1) is 41.3 Å². The van der Waals surface area contributed by atoms with Crippen molar-refractivity contribution in [1.82, 2.24) is 0 Å². The van der Waals surface area contributed by atoms with Gasteiger partial charge in [-0.2, -0.15) is 0 Å². The molecule has 4 heteroatoms. The number of carbonyl (C=O) groups excluding carboxylic acids is 1. The van der Waals surface area contributed by atoms with Gasteiger partial charge in [-0.15, -0.1) is 0 Å². The maximum Gasteiger partial charge on any atom is 0.314 e. The summed E-state index contributed by atoms with van der Waals surface area (Å²) in [5.41, 5.74) is 0. The quantitative estimate of drug-likeness (QED) is 0.252. The molecular formula is C28H39FO3. The molecule has 0 bridgehead atoms. The molecule has 32 heavy (non-hydrogen) atoms. The zero-order valence-corrected chi connectivity index (χ0v) is 19.6. The van der Waals surface area contributed by atoms with Crippen LogP contribution in [0.25, 0.3) is 0 Å². The Labute approximate surface area is 192 Å². The zero-order chi connectivity index (χ0) is 22.5. The topological polar surface area (TPSA) is 35.5 Å². The van der Waals surface area contributed by atoms with Gasteiger partial charge in [0.1, 0.15) is 12.4 Å².